The Morgan fingerprint density at radius 1 is 1.25 bits per heavy atom. The van der Waals surface area contributed by atoms with Crippen LogP contribution in [-0.4, -0.2) is 18.6 Å². The van der Waals surface area contributed by atoms with Crippen molar-refractivity contribution in [1.82, 2.24) is 10.6 Å². The van der Waals surface area contributed by atoms with Crippen LogP contribution in [-0.2, 0) is 9.53 Å². The number of ether oxygens (including phenoxy) is 1. The molecule has 0 bridgehead atoms. The third-order valence-electron chi connectivity index (χ3n) is 3.78. The van der Waals surface area contributed by atoms with Gasteiger partial charge in [-0.25, -0.2) is 9.59 Å². The summed E-state index contributed by atoms with van der Waals surface area (Å²) >= 11 is 1.51. The maximum atomic E-state index is 12.3. The Labute approximate surface area is 144 Å². The number of carbonyl (C=O) groups excluding carboxylic acids is 2. The average molecular weight is 342 g/mol. The Kier molecular flexibility index (Phi) is 4.66. The fraction of sp³-hybridized carbons (Fsp3) is 0.222. The molecular weight excluding hydrogens is 324 g/mol. The van der Waals surface area contributed by atoms with Gasteiger partial charge in [-0.15, -0.1) is 11.3 Å². The number of allylic oxidation sites excluding steroid dienone is 1. The second-order valence-corrected chi connectivity index (χ2v) is 6.34. The quantitative estimate of drug-likeness (QED) is 0.834. The highest BCUT2D eigenvalue weighted by Gasteiger charge is 2.33. The first-order chi connectivity index (χ1) is 11.6. The highest BCUT2D eigenvalue weighted by molar-refractivity contribution is 7.10. The smallest absolute Gasteiger partial charge is 0.338 e. The SMILES string of the molecule is CCOC(=O)C1=C(C)NC(=O)N[C@H]1c1cc(-c2ccccc2)cs1. The fourth-order valence-corrected chi connectivity index (χ4v) is 3.65. The van der Waals surface area contributed by atoms with Gasteiger partial charge in [-0.3, -0.25) is 0 Å². The van der Waals surface area contributed by atoms with E-state index in [1.807, 2.05) is 41.8 Å². The van der Waals surface area contributed by atoms with E-state index in [1.165, 1.54) is 11.3 Å². The number of nitrogens with one attached hydrogen (secondary N) is 2. The molecule has 1 aromatic carbocycles. The molecule has 2 aromatic rings. The summed E-state index contributed by atoms with van der Waals surface area (Å²) in [6.45, 7) is 3.76. The number of benzene rings is 1. The van der Waals surface area contributed by atoms with Crippen molar-refractivity contribution in [2.45, 2.75) is 19.9 Å². The number of amides is 2. The highest BCUT2D eigenvalue weighted by atomic mass is 32.1. The fourth-order valence-electron chi connectivity index (χ4n) is 2.67. The van der Waals surface area contributed by atoms with Gasteiger partial charge in [0.05, 0.1) is 18.2 Å². The number of hydrogen-bond acceptors (Lipinski definition) is 4. The molecule has 1 aliphatic heterocycles. The van der Waals surface area contributed by atoms with Crippen LogP contribution >= 0.6 is 11.3 Å². The molecular formula is C18H18N2O3S. The summed E-state index contributed by atoms with van der Waals surface area (Å²) in [5, 5.41) is 7.48. The molecule has 124 valence electrons. The van der Waals surface area contributed by atoms with Gasteiger partial charge < -0.3 is 15.4 Å². The van der Waals surface area contributed by atoms with Gasteiger partial charge in [0.1, 0.15) is 0 Å². The summed E-state index contributed by atoms with van der Waals surface area (Å²) in [5.41, 5.74) is 3.12. The minimum atomic E-state index is -0.500. The van der Waals surface area contributed by atoms with Crippen LogP contribution in [0.2, 0.25) is 0 Å². The molecule has 2 heterocycles. The molecule has 3 rings (SSSR count). The van der Waals surface area contributed by atoms with Gasteiger partial charge in [0.25, 0.3) is 0 Å². The molecule has 2 amide bonds. The molecule has 0 saturated carbocycles. The van der Waals surface area contributed by atoms with Crippen LogP contribution in [0.15, 0.2) is 53.0 Å². The van der Waals surface area contributed by atoms with Crippen molar-refractivity contribution in [1.29, 1.82) is 0 Å². The van der Waals surface area contributed by atoms with E-state index >= 15 is 0 Å². The molecule has 6 heteroatoms. The van der Waals surface area contributed by atoms with Gasteiger partial charge >= 0.3 is 12.0 Å². The van der Waals surface area contributed by atoms with E-state index in [9.17, 15) is 9.59 Å². The molecule has 24 heavy (non-hydrogen) atoms. The first kappa shape index (κ1) is 16.3. The molecule has 1 aromatic heterocycles. The predicted octanol–water partition coefficient (Wildman–Crippen LogP) is 3.61. The number of esters is 1. The summed E-state index contributed by atoms with van der Waals surface area (Å²) in [4.78, 5) is 25.1. The highest BCUT2D eigenvalue weighted by Crippen LogP contribution is 2.34. The van der Waals surface area contributed by atoms with Gasteiger partial charge in [0.15, 0.2) is 0 Å². The van der Waals surface area contributed by atoms with Gasteiger partial charge in [-0.1, -0.05) is 30.3 Å². The number of urea groups is 1. The van der Waals surface area contributed by atoms with E-state index in [0.29, 0.717) is 11.3 Å². The summed E-state index contributed by atoms with van der Waals surface area (Å²) < 4.78 is 5.15. The maximum Gasteiger partial charge on any atom is 0.338 e. The Balaban J connectivity index is 1.97. The van der Waals surface area contributed by atoms with E-state index in [2.05, 4.69) is 10.6 Å². The number of hydrogen-bond donors (Lipinski definition) is 2. The standard InChI is InChI=1S/C18H18N2O3S/c1-3-23-17(21)15-11(2)19-18(22)20-16(15)14-9-13(10-24-14)12-7-5-4-6-8-12/h4-10,16H,3H2,1-2H3,(H2,19,20,22)/t16-/m0/s1. The zero-order chi connectivity index (χ0) is 17.1. The number of rotatable bonds is 4. The summed E-state index contributed by atoms with van der Waals surface area (Å²) in [6, 6.07) is 11.2. The molecule has 1 atom stereocenters. The van der Waals surface area contributed by atoms with Crippen molar-refractivity contribution in [2.75, 3.05) is 6.61 Å². The van der Waals surface area contributed by atoms with Crippen molar-refractivity contribution in [3.63, 3.8) is 0 Å². The lowest BCUT2D eigenvalue weighted by atomic mass is 10.00. The largest absolute Gasteiger partial charge is 0.463 e. The van der Waals surface area contributed by atoms with Crippen LogP contribution in [0.4, 0.5) is 4.79 Å². The Hall–Kier alpha value is -2.60. The molecule has 0 aliphatic carbocycles. The first-order valence-corrected chi connectivity index (χ1v) is 8.57. The van der Waals surface area contributed by atoms with Crippen LogP contribution in [0.5, 0.6) is 0 Å². The minimum absolute atomic E-state index is 0.288. The van der Waals surface area contributed by atoms with Crippen molar-refractivity contribution in [3.8, 4) is 11.1 Å². The monoisotopic (exact) mass is 342 g/mol. The van der Waals surface area contributed by atoms with E-state index in [1.54, 1.807) is 13.8 Å². The maximum absolute atomic E-state index is 12.3. The molecule has 0 saturated heterocycles. The van der Waals surface area contributed by atoms with Crippen LogP contribution in [0.1, 0.15) is 24.8 Å². The number of carbonyl (C=O) groups is 2. The van der Waals surface area contributed by atoms with Crippen LogP contribution in [0.25, 0.3) is 11.1 Å². The average Bonchev–Trinajstić information content (AvgIpc) is 3.05. The van der Waals surface area contributed by atoms with Crippen LogP contribution in [0, 0.1) is 0 Å². The van der Waals surface area contributed by atoms with E-state index in [4.69, 9.17) is 4.74 Å². The Morgan fingerprint density at radius 2 is 2.00 bits per heavy atom. The summed E-state index contributed by atoms with van der Waals surface area (Å²) in [7, 11) is 0. The molecule has 0 radical (unpaired) electrons. The van der Waals surface area contributed by atoms with E-state index in [-0.39, 0.29) is 12.6 Å². The van der Waals surface area contributed by atoms with E-state index in [0.717, 1.165) is 16.0 Å². The summed E-state index contributed by atoms with van der Waals surface area (Å²) in [6.07, 6.45) is 0. The minimum Gasteiger partial charge on any atom is -0.463 e. The van der Waals surface area contributed by atoms with Crippen molar-refractivity contribution in [2.24, 2.45) is 0 Å². The Bertz CT molecular complexity index is 796. The zero-order valence-electron chi connectivity index (χ0n) is 13.5. The van der Waals surface area contributed by atoms with E-state index < -0.39 is 12.0 Å². The molecule has 0 fully saturated rings. The lowest BCUT2D eigenvalue weighted by Crippen LogP contribution is -2.45. The second kappa shape index (κ2) is 6.88. The van der Waals surface area contributed by atoms with Gasteiger partial charge in [0, 0.05) is 10.6 Å². The third kappa shape index (κ3) is 3.19. The van der Waals surface area contributed by atoms with Crippen LogP contribution in [0.3, 0.4) is 0 Å². The molecule has 0 unspecified atom stereocenters. The topological polar surface area (TPSA) is 67.4 Å². The molecule has 2 N–H and O–H groups in total. The lowest BCUT2D eigenvalue weighted by molar-refractivity contribution is -0.139. The zero-order valence-corrected chi connectivity index (χ0v) is 14.3. The van der Waals surface area contributed by atoms with Crippen molar-refractivity contribution >= 4 is 23.3 Å². The first-order valence-electron chi connectivity index (χ1n) is 7.69. The molecule has 1 aliphatic rings. The lowest BCUT2D eigenvalue weighted by Gasteiger charge is -2.27. The second-order valence-electron chi connectivity index (χ2n) is 5.39. The van der Waals surface area contributed by atoms with Crippen molar-refractivity contribution in [3.05, 3.63) is 57.9 Å². The van der Waals surface area contributed by atoms with Crippen LogP contribution < -0.4 is 10.6 Å². The van der Waals surface area contributed by atoms with Gasteiger partial charge in [-0.05, 0) is 36.4 Å². The summed E-state index contributed by atoms with van der Waals surface area (Å²) in [5.74, 6) is -0.415. The van der Waals surface area contributed by atoms with Crippen molar-refractivity contribution < 1.29 is 14.3 Å². The molecule has 5 nitrogen and oxygen atoms in total. The molecule has 0 spiro atoms. The van der Waals surface area contributed by atoms with Gasteiger partial charge in [0.2, 0.25) is 0 Å². The van der Waals surface area contributed by atoms with Gasteiger partial charge in [-0.2, -0.15) is 0 Å². The third-order valence-corrected chi connectivity index (χ3v) is 4.77. The Morgan fingerprint density at radius 3 is 2.71 bits per heavy atom. The number of thiophene rings is 1. The predicted molar refractivity (Wildman–Crippen MR) is 93.5 cm³/mol. The normalized spacial score (nSPS) is 17.2.